The van der Waals surface area contributed by atoms with Crippen LogP contribution in [0.25, 0.3) is 0 Å². The van der Waals surface area contributed by atoms with E-state index < -0.39 is 0 Å². The molecule has 1 aromatic carbocycles. The van der Waals surface area contributed by atoms with E-state index in [-0.39, 0.29) is 11.8 Å². The summed E-state index contributed by atoms with van der Waals surface area (Å²) in [5, 5.41) is 9.30. The zero-order valence-corrected chi connectivity index (χ0v) is 13.8. The van der Waals surface area contributed by atoms with Crippen LogP contribution in [-0.4, -0.2) is 23.5 Å². The van der Waals surface area contributed by atoms with E-state index in [9.17, 15) is 9.18 Å². The highest BCUT2D eigenvalue weighted by Gasteiger charge is 2.05. The predicted octanol–water partition coefficient (Wildman–Crippen LogP) is 3.11. The summed E-state index contributed by atoms with van der Waals surface area (Å²) in [4.78, 5) is 11.6. The molecule has 0 aliphatic heterocycles. The maximum absolute atomic E-state index is 13.4. The molecule has 2 N–H and O–H groups in total. The van der Waals surface area contributed by atoms with E-state index in [1.165, 1.54) is 6.07 Å². The normalized spacial score (nSPS) is 10.5. The maximum Gasteiger partial charge on any atom is 0.315 e. The average molecular weight is 337 g/mol. The molecule has 23 heavy (non-hydrogen) atoms. The van der Waals surface area contributed by atoms with Gasteiger partial charge in [-0.3, -0.25) is 0 Å². The van der Waals surface area contributed by atoms with E-state index in [1.807, 2.05) is 19.1 Å². The van der Waals surface area contributed by atoms with Crippen LogP contribution in [0.5, 0.6) is 0 Å². The monoisotopic (exact) mass is 337 g/mol. The zero-order valence-electron chi connectivity index (χ0n) is 13.0. The summed E-state index contributed by atoms with van der Waals surface area (Å²) in [6.45, 7) is 2.81. The minimum Gasteiger partial charge on any atom is -0.359 e. The summed E-state index contributed by atoms with van der Waals surface area (Å²) in [5.41, 5.74) is 1.55. The van der Waals surface area contributed by atoms with Gasteiger partial charge in [0.05, 0.1) is 12.2 Å². The molecule has 1 aromatic heterocycles. The van der Waals surface area contributed by atoms with Crippen LogP contribution in [0.3, 0.4) is 0 Å². The smallest absolute Gasteiger partial charge is 0.315 e. The number of hydrogen-bond acceptors (Lipinski definition) is 4. The number of aromatic nitrogens is 1. The van der Waals surface area contributed by atoms with E-state index in [1.54, 1.807) is 23.9 Å². The van der Waals surface area contributed by atoms with Gasteiger partial charge in [0.15, 0.2) is 5.76 Å². The van der Waals surface area contributed by atoms with Gasteiger partial charge in [0.25, 0.3) is 0 Å². The Morgan fingerprint density at radius 3 is 2.91 bits per heavy atom. The molecule has 2 aromatic rings. The van der Waals surface area contributed by atoms with Crippen molar-refractivity contribution in [1.29, 1.82) is 0 Å². The van der Waals surface area contributed by atoms with Crippen molar-refractivity contribution >= 4 is 17.8 Å². The lowest BCUT2D eigenvalue weighted by molar-refractivity contribution is 0.239. The molecule has 0 saturated heterocycles. The van der Waals surface area contributed by atoms with Crippen molar-refractivity contribution in [3.63, 3.8) is 0 Å². The van der Waals surface area contributed by atoms with Crippen molar-refractivity contribution in [1.82, 2.24) is 15.8 Å². The Kier molecular flexibility index (Phi) is 6.93. The van der Waals surface area contributed by atoms with Gasteiger partial charge in [-0.2, -0.15) is 11.8 Å². The lowest BCUT2D eigenvalue weighted by atomic mass is 10.2. The minimum atomic E-state index is -0.258. The van der Waals surface area contributed by atoms with Gasteiger partial charge in [-0.25, -0.2) is 9.18 Å². The van der Waals surface area contributed by atoms with E-state index in [0.717, 1.165) is 12.1 Å². The minimum absolute atomic E-state index is 0.191. The second-order valence-electron chi connectivity index (χ2n) is 4.89. The molecule has 0 spiro atoms. The number of urea groups is 1. The lowest BCUT2D eigenvalue weighted by Crippen LogP contribution is -2.36. The summed E-state index contributed by atoms with van der Waals surface area (Å²) < 4.78 is 18.5. The number of rotatable bonds is 8. The fourth-order valence-corrected chi connectivity index (χ4v) is 2.71. The quantitative estimate of drug-likeness (QED) is 0.726. The van der Waals surface area contributed by atoms with Crippen molar-refractivity contribution in [2.75, 3.05) is 12.3 Å². The summed E-state index contributed by atoms with van der Waals surface area (Å²) >= 11 is 1.57. The van der Waals surface area contributed by atoms with Crippen LogP contribution in [0.15, 0.2) is 34.9 Å². The number of hydrogen-bond donors (Lipinski definition) is 2. The highest BCUT2D eigenvalue weighted by molar-refractivity contribution is 7.98. The van der Waals surface area contributed by atoms with Crippen molar-refractivity contribution < 1.29 is 13.7 Å². The standard InChI is InChI=1S/C16H20FN3O2S/c1-2-13-9-14(22-20-13)10-19-16(21)18-7-8-23-11-12-5-3-4-6-15(12)17/h3-6,9H,2,7-8,10-11H2,1H3,(H2,18,19,21). The van der Waals surface area contributed by atoms with Crippen molar-refractivity contribution in [2.24, 2.45) is 0 Å². The number of halogens is 1. The molecular formula is C16H20FN3O2S. The Bertz CT molecular complexity index is 633. The van der Waals surface area contributed by atoms with Crippen LogP contribution in [0, 0.1) is 5.82 Å². The number of benzene rings is 1. The van der Waals surface area contributed by atoms with Crippen LogP contribution in [0.4, 0.5) is 9.18 Å². The van der Waals surface area contributed by atoms with Crippen LogP contribution in [0.2, 0.25) is 0 Å². The molecule has 5 nitrogen and oxygen atoms in total. The zero-order chi connectivity index (χ0) is 16.5. The molecule has 0 aliphatic rings. The molecule has 0 aliphatic carbocycles. The van der Waals surface area contributed by atoms with Crippen molar-refractivity contribution in [3.8, 4) is 0 Å². The highest BCUT2D eigenvalue weighted by atomic mass is 32.2. The first-order chi connectivity index (χ1) is 11.2. The first kappa shape index (κ1) is 17.3. The maximum atomic E-state index is 13.4. The molecule has 2 rings (SSSR count). The first-order valence-electron chi connectivity index (χ1n) is 7.46. The van der Waals surface area contributed by atoms with Gasteiger partial charge in [0.1, 0.15) is 5.82 Å². The molecule has 7 heteroatoms. The summed E-state index contributed by atoms with van der Waals surface area (Å²) in [7, 11) is 0. The highest BCUT2D eigenvalue weighted by Crippen LogP contribution is 2.14. The third-order valence-electron chi connectivity index (χ3n) is 3.14. The molecule has 1 heterocycles. The van der Waals surface area contributed by atoms with Gasteiger partial charge in [-0.05, 0) is 18.1 Å². The van der Waals surface area contributed by atoms with Gasteiger partial charge >= 0.3 is 6.03 Å². The molecule has 0 radical (unpaired) electrons. The van der Waals surface area contributed by atoms with Crippen molar-refractivity contribution in [3.05, 3.63) is 53.2 Å². The fourth-order valence-electron chi connectivity index (χ4n) is 1.87. The SMILES string of the molecule is CCc1cc(CNC(=O)NCCSCc2ccccc2F)on1. The molecule has 0 bridgehead atoms. The predicted molar refractivity (Wildman–Crippen MR) is 88.7 cm³/mol. The summed E-state index contributed by atoms with van der Waals surface area (Å²) in [6.07, 6.45) is 0.801. The number of nitrogens with zero attached hydrogens (tertiary/aromatic N) is 1. The third kappa shape index (κ3) is 5.94. The summed E-state index contributed by atoms with van der Waals surface area (Å²) in [6, 6.07) is 8.28. The largest absolute Gasteiger partial charge is 0.359 e. The van der Waals surface area contributed by atoms with Gasteiger partial charge in [0.2, 0.25) is 0 Å². The lowest BCUT2D eigenvalue weighted by Gasteiger charge is -2.06. The molecule has 124 valence electrons. The first-order valence-corrected chi connectivity index (χ1v) is 8.62. The van der Waals surface area contributed by atoms with Crippen LogP contribution in [0.1, 0.15) is 23.9 Å². The topological polar surface area (TPSA) is 67.2 Å². The Balaban J connectivity index is 1.57. The van der Waals surface area contributed by atoms with Gasteiger partial charge in [0, 0.05) is 24.1 Å². The van der Waals surface area contributed by atoms with Crippen LogP contribution in [-0.2, 0) is 18.7 Å². The number of carbonyl (C=O) groups excluding carboxylic acids is 1. The van der Waals surface area contributed by atoms with E-state index >= 15 is 0 Å². The van der Waals surface area contributed by atoms with E-state index in [0.29, 0.717) is 35.9 Å². The Morgan fingerprint density at radius 2 is 2.17 bits per heavy atom. The van der Waals surface area contributed by atoms with Gasteiger partial charge in [-0.1, -0.05) is 30.3 Å². The summed E-state index contributed by atoms with van der Waals surface area (Å²) in [5.74, 6) is 1.74. The molecule has 2 amide bonds. The third-order valence-corrected chi connectivity index (χ3v) is 4.15. The molecule has 0 saturated carbocycles. The fraction of sp³-hybridized carbons (Fsp3) is 0.375. The molecule has 0 fully saturated rings. The van der Waals surface area contributed by atoms with Gasteiger partial charge < -0.3 is 15.2 Å². The van der Waals surface area contributed by atoms with Crippen LogP contribution >= 0.6 is 11.8 Å². The second-order valence-corrected chi connectivity index (χ2v) is 6.00. The number of amides is 2. The second kappa shape index (κ2) is 9.19. The van der Waals surface area contributed by atoms with Gasteiger partial charge in [-0.15, -0.1) is 0 Å². The van der Waals surface area contributed by atoms with Crippen LogP contribution < -0.4 is 10.6 Å². The molecule has 0 unspecified atom stereocenters. The number of nitrogens with one attached hydrogen (secondary N) is 2. The average Bonchev–Trinajstić information content (AvgIpc) is 3.02. The van der Waals surface area contributed by atoms with E-state index in [2.05, 4.69) is 15.8 Å². The number of thioether (sulfide) groups is 1. The Labute approximate surface area is 139 Å². The Hall–Kier alpha value is -2.02. The number of carbonyl (C=O) groups is 1. The Morgan fingerprint density at radius 1 is 1.35 bits per heavy atom. The molecular weight excluding hydrogens is 317 g/mol. The number of aryl methyl sites for hydroxylation is 1. The van der Waals surface area contributed by atoms with E-state index in [4.69, 9.17) is 4.52 Å². The van der Waals surface area contributed by atoms with Crippen molar-refractivity contribution in [2.45, 2.75) is 25.6 Å². The molecule has 0 atom stereocenters.